The Labute approximate surface area is 138 Å². The lowest BCUT2D eigenvalue weighted by Gasteiger charge is -2.16. The summed E-state index contributed by atoms with van der Waals surface area (Å²) in [5.74, 6) is -2.70. The maximum absolute atomic E-state index is 11.9. The molecule has 6 nitrogen and oxygen atoms in total. The van der Waals surface area contributed by atoms with Gasteiger partial charge >= 0.3 is 19.5 Å². The molecule has 0 aromatic heterocycles. The quantitative estimate of drug-likeness (QED) is 0.184. The minimum absolute atomic E-state index is 0.0733. The van der Waals surface area contributed by atoms with Crippen molar-refractivity contribution in [2.45, 2.75) is 65.2 Å². The van der Waals surface area contributed by atoms with Crippen molar-refractivity contribution in [3.05, 3.63) is 12.2 Å². The van der Waals surface area contributed by atoms with Gasteiger partial charge in [0.15, 0.2) is 0 Å². The van der Waals surface area contributed by atoms with Gasteiger partial charge in [0.1, 0.15) is 0 Å². The van der Waals surface area contributed by atoms with E-state index >= 15 is 0 Å². The molecule has 1 unspecified atom stereocenters. The van der Waals surface area contributed by atoms with E-state index in [9.17, 15) is 14.2 Å². The molecule has 0 aromatic rings. The summed E-state index contributed by atoms with van der Waals surface area (Å²) in [6, 6.07) is 0. The molecule has 0 amide bonds. The van der Waals surface area contributed by atoms with E-state index in [-0.39, 0.29) is 5.57 Å². The smallest absolute Gasteiger partial charge is 0.340 e. The van der Waals surface area contributed by atoms with E-state index in [0.29, 0.717) is 12.8 Å². The summed E-state index contributed by atoms with van der Waals surface area (Å²) < 4.78 is 15.8. The van der Waals surface area contributed by atoms with Crippen LogP contribution in [0.2, 0.25) is 0 Å². The minimum atomic E-state index is -4.35. The average molecular weight is 348 g/mol. The first-order valence-corrected chi connectivity index (χ1v) is 9.93. The van der Waals surface area contributed by atoms with Gasteiger partial charge in [-0.15, -0.1) is 0 Å². The number of unbranched alkanes of at least 4 members (excludes halogenated alkanes) is 6. The summed E-state index contributed by atoms with van der Waals surface area (Å²) in [6.07, 6.45) is 6.99. The van der Waals surface area contributed by atoms with E-state index in [1.54, 1.807) is 0 Å². The van der Waals surface area contributed by atoms with Gasteiger partial charge < -0.3 is 14.5 Å². The zero-order valence-electron chi connectivity index (χ0n) is 14.1. The topological polar surface area (TPSA) is 101 Å². The second-order valence-corrected chi connectivity index (χ2v) is 7.64. The lowest BCUT2D eigenvalue weighted by atomic mass is 10.0. The highest BCUT2D eigenvalue weighted by atomic mass is 31.2. The fraction of sp³-hybridized carbons (Fsp3) is 0.750. The monoisotopic (exact) mass is 348 g/mol. The molecule has 7 heteroatoms. The molecule has 0 heterocycles. The first-order chi connectivity index (χ1) is 10.7. The van der Waals surface area contributed by atoms with Crippen molar-refractivity contribution in [2.24, 2.45) is 5.92 Å². The van der Waals surface area contributed by atoms with Gasteiger partial charge in [-0.05, 0) is 13.3 Å². The normalized spacial score (nSPS) is 12.7. The lowest BCUT2D eigenvalue weighted by molar-refractivity contribution is -0.159. The van der Waals surface area contributed by atoms with Crippen LogP contribution < -0.4 is 0 Å². The van der Waals surface area contributed by atoms with Crippen LogP contribution in [-0.4, -0.2) is 27.9 Å². The zero-order valence-corrected chi connectivity index (χ0v) is 15.0. The summed E-state index contributed by atoms with van der Waals surface area (Å²) in [4.78, 5) is 41.4. The summed E-state index contributed by atoms with van der Waals surface area (Å²) >= 11 is 0. The van der Waals surface area contributed by atoms with Crippen LogP contribution >= 0.6 is 7.60 Å². The van der Waals surface area contributed by atoms with Crippen LogP contribution in [0.25, 0.3) is 0 Å². The number of rotatable bonds is 12. The lowest BCUT2D eigenvalue weighted by Crippen LogP contribution is -2.24. The SMILES string of the molecule is C=C(C)C(=O)OC(=O)C(CCCCCCCCC)CP(=O)(O)O. The summed E-state index contributed by atoms with van der Waals surface area (Å²) in [5.41, 5.74) is 0.0733. The average Bonchev–Trinajstić information content (AvgIpc) is 2.43. The number of carbonyl (C=O) groups excluding carboxylic acids is 2. The second-order valence-electron chi connectivity index (χ2n) is 5.94. The van der Waals surface area contributed by atoms with E-state index in [1.165, 1.54) is 26.2 Å². The predicted molar refractivity (Wildman–Crippen MR) is 88.9 cm³/mol. The van der Waals surface area contributed by atoms with Crippen LogP contribution in [0.3, 0.4) is 0 Å². The molecule has 0 fully saturated rings. The Morgan fingerprint density at radius 3 is 2.09 bits per heavy atom. The predicted octanol–water partition coefficient (Wildman–Crippen LogP) is 3.57. The Morgan fingerprint density at radius 1 is 1.09 bits per heavy atom. The van der Waals surface area contributed by atoms with Crippen LogP contribution in [0.4, 0.5) is 0 Å². The molecule has 0 rings (SSSR count). The molecular formula is C16H29O6P. The first-order valence-electron chi connectivity index (χ1n) is 8.13. The van der Waals surface area contributed by atoms with E-state index in [2.05, 4.69) is 18.2 Å². The molecule has 134 valence electrons. The Kier molecular flexibility index (Phi) is 11.1. The third-order valence-corrected chi connectivity index (χ3v) is 4.41. The van der Waals surface area contributed by atoms with Gasteiger partial charge in [-0.25, -0.2) is 4.79 Å². The fourth-order valence-electron chi connectivity index (χ4n) is 2.18. The molecule has 0 aromatic carbocycles. The van der Waals surface area contributed by atoms with E-state index in [4.69, 9.17) is 9.79 Å². The van der Waals surface area contributed by atoms with Crippen molar-refractivity contribution in [2.75, 3.05) is 6.16 Å². The van der Waals surface area contributed by atoms with E-state index in [0.717, 1.165) is 19.3 Å². The van der Waals surface area contributed by atoms with Gasteiger partial charge in [-0.3, -0.25) is 9.36 Å². The molecule has 0 aliphatic carbocycles. The van der Waals surface area contributed by atoms with Gasteiger partial charge in [0, 0.05) is 5.57 Å². The van der Waals surface area contributed by atoms with E-state index < -0.39 is 31.6 Å². The summed E-state index contributed by atoms with van der Waals surface area (Å²) in [5, 5.41) is 0. The molecule has 23 heavy (non-hydrogen) atoms. The van der Waals surface area contributed by atoms with Crippen LogP contribution in [0.1, 0.15) is 65.2 Å². The molecule has 0 spiro atoms. The van der Waals surface area contributed by atoms with Crippen molar-refractivity contribution in [3.63, 3.8) is 0 Å². The van der Waals surface area contributed by atoms with Crippen molar-refractivity contribution < 1.29 is 28.7 Å². The molecule has 0 aliphatic heterocycles. The zero-order chi connectivity index (χ0) is 17.9. The van der Waals surface area contributed by atoms with Crippen molar-refractivity contribution >= 4 is 19.5 Å². The third-order valence-electron chi connectivity index (χ3n) is 3.49. The van der Waals surface area contributed by atoms with Crippen LogP contribution in [0, 0.1) is 5.92 Å². The number of carbonyl (C=O) groups is 2. The standard InChI is InChI=1S/C16H29O6P/c1-4-5-6-7-8-9-10-11-14(12-23(19,20)21)16(18)22-15(17)13(2)3/h14H,2,4-12H2,1,3H3,(H2,19,20,21). The molecule has 1 atom stereocenters. The fourth-order valence-corrected chi connectivity index (χ4v) is 3.09. The Hall–Kier alpha value is -0.970. The summed E-state index contributed by atoms with van der Waals surface area (Å²) in [6.45, 7) is 6.92. The van der Waals surface area contributed by atoms with Gasteiger partial charge in [-0.1, -0.05) is 58.4 Å². The van der Waals surface area contributed by atoms with Gasteiger partial charge in [0.25, 0.3) is 0 Å². The number of ether oxygens (including phenoxy) is 1. The molecule has 0 saturated heterocycles. The molecule has 0 saturated carbocycles. The van der Waals surface area contributed by atoms with Crippen molar-refractivity contribution in [3.8, 4) is 0 Å². The molecular weight excluding hydrogens is 319 g/mol. The van der Waals surface area contributed by atoms with Crippen LogP contribution in [0.5, 0.6) is 0 Å². The van der Waals surface area contributed by atoms with Crippen LogP contribution in [0.15, 0.2) is 12.2 Å². The Morgan fingerprint density at radius 2 is 1.61 bits per heavy atom. The molecule has 0 radical (unpaired) electrons. The van der Waals surface area contributed by atoms with Gasteiger partial charge in [0.05, 0.1) is 12.1 Å². The third kappa shape index (κ3) is 12.2. The number of hydrogen-bond acceptors (Lipinski definition) is 4. The number of hydrogen-bond donors (Lipinski definition) is 2. The number of esters is 2. The molecule has 0 bridgehead atoms. The Balaban J connectivity index is 4.35. The minimum Gasteiger partial charge on any atom is -0.389 e. The van der Waals surface area contributed by atoms with E-state index in [1.807, 2.05) is 0 Å². The highest BCUT2D eigenvalue weighted by molar-refractivity contribution is 7.51. The first kappa shape index (κ1) is 22.0. The largest absolute Gasteiger partial charge is 0.389 e. The highest BCUT2D eigenvalue weighted by Gasteiger charge is 2.29. The van der Waals surface area contributed by atoms with Gasteiger partial charge in [0.2, 0.25) is 0 Å². The Bertz CT molecular complexity index is 440. The second kappa shape index (κ2) is 11.5. The van der Waals surface area contributed by atoms with Crippen molar-refractivity contribution in [1.82, 2.24) is 0 Å². The molecule has 2 N–H and O–H groups in total. The maximum atomic E-state index is 11.9. The van der Waals surface area contributed by atoms with Crippen molar-refractivity contribution in [1.29, 1.82) is 0 Å². The maximum Gasteiger partial charge on any atom is 0.340 e. The highest BCUT2D eigenvalue weighted by Crippen LogP contribution is 2.38. The van der Waals surface area contributed by atoms with Gasteiger partial charge in [-0.2, -0.15) is 0 Å². The van der Waals surface area contributed by atoms with Crippen LogP contribution in [-0.2, 0) is 18.9 Å². The molecule has 0 aliphatic rings. The summed E-state index contributed by atoms with van der Waals surface area (Å²) in [7, 11) is -4.35.